The van der Waals surface area contributed by atoms with Gasteiger partial charge < -0.3 is 14.0 Å². The van der Waals surface area contributed by atoms with Crippen molar-refractivity contribution in [2.75, 3.05) is 25.7 Å². The zero-order valence-electron chi connectivity index (χ0n) is 20.8. The lowest BCUT2D eigenvalue weighted by molar-refractivity contribution is -0.118. The maximum absolute atomic E-state index is 13.0. The normalized spacial score (nSPS) is 12.9. The summed E-state index contributed by atoms with van der Waals surface area (Å²) in [4.78, 5) is 43.7. The molecule has 2 aromatic carbocycles. The lowest BCUT2D eigenvalue weighted by Gasteiger charge is -2.29. The molecular weight excluding hydrogens is 470 g/mol. The average molecular weight is 498 g/mol. The zero-order valence-corrected chi connectivity index (χ0v) is 20.8. The fourth-order valence-electron chi connectivity index (χ4n) is 4.87. The Bertz CT molecular complexity index is 1490. The summed E-state index contributed by atoms with van der Waals surface area (Å²) >= 11 is 0. The molecule has 0 aliphatic carbocycles. The lowest BCUT2D eigenvalue weighted by Crippen LogP contribution is -2.38. The van der Waals surface area contributed by atoms with Crippen LogP contribution in [0.2, 0.25) is 0 Å². The summed E-state index contributed by atoms with van der Waals surface area (Å²) < 4.78 is 11.9. The van der Waals surface area contributed by atoms with E-state index in [1.807, 2.05) is 30.3 Å². The Morgan fingerprint density at radius 3 is 2.43 bits per heavy atom. The topological polar surface area (TPSA) is 90.7 Å². The lowest BCUT2D eigenvalue weighted by atomic mass is 10.0. The second-order valence-electron chi connectivity index (χ2n) is 8.93. The minimum Gasteiger partial charge on any atom is -0.465 e. The number of hydrogen-bond donors (Lipinski definition) is 0. The van der Waals surface area contributed by atoms with Crippen LogP contribution < -0.4 is 4.90 Å². The van der Waals surface area contributed by atoms with Crippen LogP contribution in [0, 0.1) is 0 Å². The molecule has 5 rings (SSSR count). The third-order valence-electron chi connectivity index (χ3n) is 6.70. The Hall–Kier alpha value is -4.46. The fourth-order valence-corrected chi connectivity index (χ4v) is 4.87. The van der Waals surface area contributed by atoms with Gasteiger partial charge in [-0.1, -0.05) is 48.5 Å². The number of carbonyl (C=O) groups is 3. The molecule has 2 aromatic heterocycles. The largest absolute Gasteiger partial charge is 0.465 e. The number of ether oxygens (including phenoxy) is 2. The number of pyridine rings is 1. The molecule has 0 radical (unpaired) electrons. The number of fused-ring (bicyclic) bond motifs is 2. The van der Waals surface area contributed by atoms with Gasteiger partial charge in [0.1, 0.15) is 5.82 Å². The van der Waals surface area contributed by atoms with Crippen LogP contribution >= 0.6 is 0 Å². The number of aromatic nitrogens is 2. The Kier molecular flexibility index (Phi) is 6.72. The number of benzene rings is 2. The summed E-state index contributed by atoms with van der Waals surface area (Å²) in [5, 5.41) is 1.13. The highest BCUT2D eigenvalue weighted by atomic mass is 16.5. The molecule has 8 nitrogen and oxygen atoms in total. The van der Waals surface area contributed by atoms with Crippen molar-refractivity contribution in [1.82, 2.24) is 9.55 Å². The van der Waals surface area contributed by atoms with Crippen molar-refractivity contribution in [2.45, 2.75) is 25.8 Å². The van der Waals surface area contributed by atoms with E-state index in [2.05, 4.69) is 40.0 Å². The molecule has 0 unspecified atom stereocenters. The Balaban J connectivity index is 1.47. The number of nitrogens with zero attached hydrogens (tertiary/aromatic N) is 3. The summed E-state index contributed by atoms with van der Waals surface area (Å²) in [5.74, 6) is -1.12. The van der Waals surface area contributed by atoms with E-state index in [-0.39, 0.29) is 17.2 Å². The van der Waals surface area contributed by atoms with Crippen molar-refractivity contribution in [2.24, 2.45) is 0 Å². The van der Waals surface area contributed by atoms with Crippen LogP contribution in [0.5, 0.6) is 0 Å². The van der Waals surface area contributed by atoms with Gasteiger partial charge in [-0.25, -0.2) is 14.6 Å². The standard InChI is InChI=1S/C29H27N3O5/c1-36-28(34)23-16-20-12-13-25(33)32(27(20)30-26(23)29(35)37-2)15-14-21-18-31(17-19-8-4-3-5-9-19)24-11-7-6-10-22(21)24/h3-11,16,18H,12-15,17H2,1-2H3. The number of esters is 2. The summed E-state index contributed by atoms with van der Waals surface area (Å²) in [7, 11) is 2.46. The maximum atomic E-state index is 13.0. The molecule has 0 atom stereocenters. The highest BCUT2D eigenvalue weighted by molar-refractivity contribution is 6.04. The molecule has 0 fully saturated rings. The number of amides is 1. The van der Waals surface area contributed by atoms with Gasteiger partial charge in [0, 0.05) is 36.6 Å². The molecule has 37 heavy (non-hydrogen) atoms. The van der Waals surface area contributed by atoms with Gasteiger partial charge in [0.2, 0.25) is 5.91 Å². The Morgan fingerprint density at radius 2 is 1.68 bits per heavy atom. The molecule has 0 saturated carbocycles. The first-order chi connectivity index (χ1) is 18.0. The smallest absolute Gasteiger partial charge is 0.357 e. The first-order valence-corrected chi connectivity index (χ1v) is 12.1. The maximum Gasteiger partial charge on any atom is 0.357 e. The molecule has 1 amide bonds. The number of carbonyl (C=O) groups excluding carboxylic acids is 3. The second-order valence-corrected chi connectivity index (χ2v) is 8.93. The highest BCUT2D eigenvalue weighted by Gasteiger charge is 2.31. The summed E-state index contributed by atoms with van der Waals surface area (Å²) in [6.45, 7) is 1.13. The van der Waals surface area contributed by atoms with Gasteiger partial charge in [-0.2, -0.15) is 0 Å². The van der Waals surface area contributed by atoms with Crippen LogP contribution in [0.3, 0.4) is 0 Å². The van der Waals surface area contributed by atoms with Gasteiger partial charge in [-0.05, 0) is 41.7 Å². The van der Waals surface area contributed by atoms with Gasteiger partial charge >= 0.3 is 11.9 Å². The van der Waals surface area contributed by atoms with Crippen molar-refractivity contribution in [3.8, 4) is 0 Å². The number of aryl methyl sites for hydroxylation is 1. The zero-order chi connectivity index (χ0) is 25.9. The van der Waals surface area contributed by atoms with Crippen LogP contribution in [0.4, 0.5) is 5.82 Å². The molecule has 8 heteroatoms. The quantitative estimate of drug-likeness (QED) is 0.356. The van der Waals surface area contributed by atoms with Crippen molar-refractivity contribution < 1.29 is 23.9 Å². The van der Waals surface area contributed by atoms with E-state index in [0.717, 1.165) is 28.6 Å². The predicted molar refractivity (Wildman–Crippen MR) is 139 cm³/mol. The van der Waals surface area contributed by atoms with Crippen LogP contribution in [-0.2, 0) is 33.7 Å². The average Bonchev–Trinajstić information content (AvgIpc) is 3.28. The van der Waals surface area contributed by atoms with Crippen LogP contribution in [0.1, 0.15) is 44.0 Å². The molecule has 188 valence electrons. The molecule has 1 aliphatic rings. The van der Waals surface area contributed by atoms with Crippen molar-refractivity contribution in [3.05, 3.63) is 94.8 Å². The Morgan fingerprint density at radius 1 is 0.946 bits per heavy atom. The van der Waals surface area contributed by atoms with E-state index in [0.29, 0.717) is 31.6 Å². The summed E-state index contributed by atoms with van der Waals surface area (Å²) in [6, 6.07) is 20.1. The molecular formula is C29H27N3O5. The van der Waals surface area contributed by atoms with Crippen LogP contribution in [-0.4, -0.2) is 48.2 Å². The summed E-state index contributed by atoms with van der Waals surface area (Å²) in [6.07, 6.45) is 3.46. The van der Waals surface area contributed by atoms with E-state index in [1.165, 1.54) is 19.8 Å². The van der Waals surface area contributed by atoms with E-state index in [4.69, 9.17) is 9.47 Å². The van der Waals surface area contributed by atoms with E-state index in [9.17, 15) is 14.4 Å². The van der Waals surface area contributed by atoms with Crippen LogP contribution in [0.15, 0.2) is 66.9 Å². The second kappa shape index (κ2) is 10.3. The molecule has 0 spiro atoms. The molecule has 1 aliphatic heterocycles. The van der Waals surface area contributed by atoms with Gasteiger partial charge in [0.25, 0.3) is 0 Å². The van der Waals surface area contributed by atoms with Crippen molar-refractivity contribution in [3.63, 3.8) is 0 Å². The number of para-hydroxylation sites is 1. The highest BCUT2D eigenvalue weighted by Crippen LogP contribution is 2.30. The SMILES string of the molecule is COC(=O)c1cc2c(nc1C(=O)OC)N(CCc1cn(Cc3ccccc3)c3ccccc13)C(=O)CC2. The van der Waals surface area contributed by atoms with E-state index < -0.39 is 11.9 Å². The minimum absolute atomic E-state index is 0.0337. The first-order valence-electron chi connectivity index (χ1n) is 12.1. The van der Waals surface area contributed by atoms with Crippen molar-refractivity contribution in [1.29, 1.82) is 0 Å². The predicted octanol–water partition coefficient (Wildman–Crippen LogP) is 4.18. The van der Waals surface area contributed by atoms with Gasteiger partial charge in [0.15, 0.2) is 5.69 Å². The summed E-state index contributed by atoms with van der Waals surface area (Å²) in [5.41, 5.74) is 4.04. The van der Waals surface area contributed by atoms with Gasteiger partial charge in [-0.15, -0.1) is 0 Å². The number of rotatable bonds is 7. The third kappa shape index (κ3) is 4.70. The first kappa shape index (κ1) is 24.2. The molecule has 0 saturated heterocycles. The molecule has 0 bridgehead atoms. The van der Waals surface area contributed by atoms with Crippen molar-refractivity contribution >= 4 is 34.6 Å². The third-order valence-corrected chi connectivity index (χ3v) is 6.70. The number of methoxy groups -OCH3 is 2. The monoisotopic (exact) mass is 497 g/mol. The number of anilines is 1. The molecule has 0 N–H and O–H groups in total. The minimum atomic E-state index is -0.759. The Labute approximate surface area is 214 Å². The van der Waals surface area contributed by atoms with Gasteiger partial charge in [0.05, 0.1) is 19.8 Å². The van der Waals surface area contributed by atoms with E-state index >= 15 is 0 Å². The van der Waals surface area contributed by atoms with Gasteiger partial charge in [-0.3, -0.25) is 9.69 Å². The molecule has 4 aromatic rings. The molecule has 3 heterocycles. The van der Waals surface area contributed by atoms with E-state index in [1.54, 1.807) is 11.0 Å². The fraction of sp³-hybridized carbons (Fsp3) is 0.241. The van der Waals surface area contributed by atoms with Crippen LogP contribution in [0.25, 0.3) is 10.9 Å². The number of hydrogen-bond acceptors (Lipinski definition) is 6.